The zero-order valence-electron chi connectivity index (χ0n) is 16.7. The van der Waals surface area contributed by atoms with Gasteiger partial charge < -0.3 is 5.32 Å². The van der Waals surface area contributed by atoms with Crippen molar-refractivity contribution in [1.82, 2.24) is 19.9 Å². The van der Waals surface area contributed by atoms with Crippen LogP contribution in [0, 0.1) is 6.92 Å². The molecule has 4 aromatic rings. The van der Waals surface area contributed by atoms with Gasteiger partial charge in [-0.05, 0) is 50.2 Å². The molecule has 0 saturated carbocycles. The number of rotatable bonds is 4. The first-order valence-corrected chi connectivity index (χ1v) is 9.57. The van der Waals surface area contributed by atoms with Gasteiger partial charge in [0.15, 0.2) is 5.82 Å². The second-order valence-electron chi connectivity index (χ2n) is 6.28. The van der Waals surface area contributed by atoms with E-state index in [-0.39, 0.29) is 6.04 Å². The molecule has 5 nitrogen and oxygen atoms in total. The minimum absolute atomic E-state index is 0.0246. The summed E-state index contributed by atoms with van der Waals surface area (Å²) in [7, 11) is 0. The minimum Gasteiger partial charge on any atom is -0.361 e. The van der Waals surface area contributed by atoms with Crippen LogP contribution in [0.15, 0.2) is 67.1 Å². The second kappa shape index (κ2) is 9.04. The van der Waals surface area contributed by atoms with Crippen LogP contribution >= 0.6 is 0 Å². The molecule has 1 atom stereocenters. The summed E-state index contributed by atoms with van der Waals surface area (Å²) in [6, 6.07) is 16.0. The maximum absolute atomic E-state index is 4.79. The average molecular weight is 371 g/mol. The van der Waals surface area contributed by atoms with Crippen LogP contribution in [0.5, 0.6) is 0 Å². The molecule has 5 heteroatoms. The lowest BCUT2D eigenvalue weighted by molar-refractivity contribution is 0.833. The fourth-order valence-corrected chi connectivity index (χ4v) is 2.89. The van der Waals surface area contributed by atoms with E-state index in [1.165, 1.54) is 5.56 Å². The van der Waals surface area contributed by atoms with Crippen molar-refractivity contribution in [2.45, 2.75) is 33.7 Å². The maximum atomic E-state index is 4.79. The maximum Gasteiger partial charge on any atom is 0.163 e. The van der Waals surface area contributed by atoms with Gasteiger partial charge in [-0.2, -0.15) is 0 Å². The highest BCUT2D eigenvalue weighted by atomic mass is 15.1. The minimum atomic E-state index is 0.0246. The van der Waals surface area contributed by atoms with E-state index < -0.39 is 0 Å². The Morgan fingerprint density at radius 3 is 2.50 bits per heavy atom. The van der Waals surface area contributed by atoms with Crippen molar-refractivity contribution < 1.29 is 0 Å². The van der Waals surface area contributed by atoms with E-state index in [1.807, 2.05) is 50.2 Å². The Bertz CT molecular complexity index is 1030. The molecule has 142 valence electrons. The quantitative estimate of drug-likeness (QED) is 0.506. The molecule has 1 unspecified atom stereocenters. The van der Waals surface area contributed by atoms with Gasteiger partial charge >= 0.3 is 0 Å². The lowest BCUT2D eigenvalue weighted by Gasteiger charge is -2.16. The summed E-state index contributed by atoms with van der Waals surface area (Å²) in [5.74, 6) is 1.46. The molecule has 1 aromatic carbocycles. The Balaban J connectivity index is 0.00000109. The van der Waals surface area contributed by atoms with Crippen molar-refractivity contribution >= 4 is 16.7 Å². The largest absolute Gasteiger partial charge is 0.361 e. The lowest BCUT2D eigenvalue weighted by Crippen LogP contribution is -2.10. The van der Waals surface area contributed by atoms with Crippen molar-refractivity contribution in [3.05, 3.63) is 78.4 Å². The Kier molecular flexibility index (Phi) is 6.27. The van der Waals surface area contributed by atoms with Crippen LogP contribution in [-0.4, -0.2) is 19.9 Å². The van der Waals surface area contributed by atoms with E-state index in [4.69, 9.17) is 9.97 Å². The van der Waals surface area contributed by atoms with Crippen LogP contribution in [0.3, 0.4) is 0 Å². The Hall–Kier alpha value is -3.34. The van der Waals surface area contributed by atoms with Gasteiger partial charge in [0.05, 0.1) is 17.3 Å². The first-order chi connectivity index (χ1) is 13.7. The molecule has 0 amide bonds. The molecule has 0 aliphatic rings. The number of fused-ring (bicyclic) bond motifs is 1. The standard InChI is InChI=1S/C21H19N5.C2H6/c1-14-8-9-19-17(12-14)21(24-15(2)18-7-3-4-11-23-18)26-20(25-19)16-6-5-10-22-13-16;1-2/h3-13,15H,1-2H3,(H,24,25,26);1-2H3. The molecule has 1 N–H and O–H groups in total. The van der Waals surface area contributed by atoms with Crippen LogP contribution in [0.2, 0.25) is 0 Å². The molecule has 0 bridgehead atoms. The average Bonchev–Trinajstić information content (AvgIpc) is 2.76. The van der Waals surface area contributed by atoms with Gasteiger partial charge in [0.25, 0.3) is 0 Å². The van der Waals surface area contributed by atoms with Crippen molar-refractivity contribution in [2.24, 2.45) is 0 Å². The van der Waals surface area contributed by atoms with Crippen LogP contribution < -0.4 is 5.32 Å². The molecule has 3 heterocycles. The predicted molar refractivity (Wildman–Crippen MR) is 115 cm³/mol. The highest BCUT2D eigenvalue weighted by molar-refractivity contribution is 5.91. The van der Waals surface area contributed by atoms with Crippen LogP contribution in [0.1, 0.15) is 38.1 Å². The third-order valence-corrected chi connectivity index (χ3v) is 4.26. The molecule has 4 rings (SSSR count). The number of nitrogens with zero attached hydrogens (tertiary/aromatic N) is 4. The normalized spacial score (nSPS) is 11.4. The number of aryl methyl sites for hydroxylation is 1. The molecule has 0 radical (unpaired) electrons. The van der Waals surface area contributed by atoms with Gasteiger partial charge in [0.1, 0.15) is 5.82 Å². The highest BCUT2D eigenvalue weighted by Gasteiger charge is 2.13. The van der Waals surface area contributed by atoms with E-state index in [2.05, 4.69) is 41.3 Å². The Morgan fingerprint density at radius 1 is 0.929 bits per heavy atom. The van der Waals surface area contributed by atoms with Gasteiger partial charge in [-0.3, -0.25) is 9.97 Å². The molecular weight excluding hydrogens is 346 g/mol. The van der Waals surface area contributed by atoms with Crippen molar-refractivity contribution in [1.29, 1.82) is 0 Å². The van der Waals surface area contributed by atoms with Crippen LogP contribution in [0.4, 0.5) is 5.82 Å². The number of pyridine rings is 2. The second-order valence-corrected chi connectivity index (χ2v) is 6.28. The number of nitrogens with one attached hydrogen (secondary N) is 1. The van der Waals surface area contributed by atoms with Crippen LogP contribution in [-0.2, 0) is 0 Å². The van der Waals surface area contributed by atoms with Crippen molar-refractivity contribution in [3.8, 4) is 11.4 Å². The van der Waals surface area contributed by atoms with Gasteiger partial charge in [0.2, 0.25) is 0 Å². The van der Waals surface area contributed by atoms with Crippen LogP contribution in [0.25, 0.3) is 22.3 Å². The fourth-order valence-electron chi connectivity index (χ4n) is 2.89. The van der Waals surface area contributed by atoms with Gasteiger partial charge in [-0.25, -0.2) is 9.97 Å². The molecule has 3 aromatic heterocycles. The van der Waals surface area contributed by atoms with E-state index in [0.717, 1.165) is 28.0 Å². The molecular formula is C23H25N5. The number of benzene rings is 1. The summed E-state index contributed by atoms with van der Waals surface area (Å²) in [6.07, 6.45) is 5.33. The lowest BCUT2D eigenvalue weighted by atomic mass is 10.1. The molecule has 0 spiro atoms. The summed E-state index contributed by atoms with van der Waals surface area (Å²) in [4.78, 5) is 18.1. The first-order valence-electron chi connectivity index (χ1n) is 9.57. The van der Waals surface area contributed by atoms with E-state index in [9.17, 15) is 0 Å². The molecule has 0 fully saturated rings. The zero-order chi connectivity index (χ0) is 19.9. The molecule has 0 aliphatic heterocycles. The van der Waals surface area contributed by atoms with E-state index in [1.54, 1.807) is 18.6 Å². The number of hydrogen-bond acceptors (Lipinski definition) is 5. The van der Waals surface area contributed by atoms with Gasteiger partial charge in [-0.1, -0.05) is 31.5 Å². The van der Waals surface area contributed by atoms with Gasteiger partial charge in [-0.15, -0.1) is 0 Å². The Morgan fingerprint density at radius 2 is 1.79 bits per heavy atom. The first kappa shape index (κ1) is 19.4. The predicted octanol–water partition coefficient (Wildman–Crippen LogP) is 5.59. The Labute approximate surface area is 165 Å². The monoisotopic (exact) mass is 371 g/mol. The molecule has 28 heavy (non-hydrogen) atoms. The zero-order valence-corrected chi connectivity index (χ0v) is 16.7. The third-order valence-electron chi connectivity index (χ3n) is 4.26. The number of anilines is 1. The number of aromatic nitrogens is 4. The summed E-state index contributed by atoms with van der Waals surface area (Å²) in [6.45, 7) is 8.15. The summed E-state index contributed by atoms with van der Waals surface area (Å²) in [5.41, 5.74) is 3.93. The molecule has 0 aliphatic carbocycles. The highest BCUT2D eigenvalue weighted by Crippen LogP contribution is 2.28. The fraction of sp³-hybridized carbons (Fsp3) is 0.217. The summed E-state index contributed by atoms with van der Waals surface area (Å²) < 4.78 is 0. The summed E-state index contributed by atoms with van der Waals surface area (Å²) in [5, 5.41) is 4.50. The van der Waals surface area contributed by atoms with E-state index >= 15 is 0 Å². The molecule has 0 saturated heterocycles. The number of hydrogen-bond donors (Lipinski definition) is 1. The summed E-state index contributed by atoms with van der Waals surface area (Å²) >= 11 is 0. The van der Waals surface area contributed by atoms with Crippen molar-refractivity contribution in [3.63, 3.8) is 0 Å². The SMILES string of the molecule is CC.Cc1ccc2nc(-c3cccnc3)nc(NC(C)c3ccccn3)c2c1. The third kappa shape index (κ3) is 4.31. The topological polar surface area (TPSA) is 63.6 Å². The van der Waals surface area contributed by atoms with Crippen molar-refractivity contribution in [2.75, 3.05) is 5.32 Å². The van der Waals surface area contributed by atoms with E-state index in [0.29, 0.717) is 5.82 Å². The smallest absolute Gasteiger partial charge is 0.163 e. The van der Waals surface area contributed by atoms with Gasteiger partial charge in [0, 0.05) is 29.5 Å².